The summed E-state index contributed by atoms with van der Waals surface area (Å²) in [5.41, 5.74) is 0.967. The lowest BCUT2D eigenvalue weighted by Crippen LogP contribution is -2.08. The second-order valence-electron chi connectivity index (χ2n) is 2.80. The Morgan fingerprint density at radius 2 is 1.86 bits per heavy atom. The highest BCUT2D eigenvalue weighted by molar-refractivity contribution is 7.81. The molecule has 3 heteroatoms. The summed E-state index contributed by atoms with van der Waals surface area (Å²) in [6.45, 7) is 0. The van der Waals surface area contributed by atoms with Crippen LogP contribution in [0.25, 0.3) is 0 Å². The molecule has 0 unspecified atom stereocenters. The summed E-state index contributed by atoms with van der Waals surface area (Å²) in [5.74, 6) is 0.684. The molecule has 1 N–H and O–H groups in total. The van der Waals surface area contributed by atoms with E-state index in [-0.39, 0.29) is 0 Å². The molecule has 0 saturated carbocycles. The molecule has 1 aromatic carbocycles. The molecule has 0 aliphatic carbocycles. The second kappa shape index (κ2) is 4.07. The summed E-state index contributed by atoms with van der Waals surface area (Å²) in [6, 6.07) is 13.4. The van der Waals surface area contributed by atoms with Crippen molar-refractivity contribution in [2.45, 2.75) is 0 Å². The van der Waals surface area contributed by atoms with Crippen molar-refractivity contribution in [3.63, 3.8) is 0 Å². The lowest BCUT2D eigenvalue weighted by Gasteiger charge is -2.04. The zero-order valence-corrected chi connectivity index (χ0v) is 8.25. The zero-order valence-electron chi connectivity index (χ0n) is 7.44. The molecule has 1 heterocycles. The fourth-order valence-corrected chi connectivity index (χ4v) is 1.36. The van der Waals surface area contributed by atoms with Crippen molar-refractivity contribution in [3.05, 3.63) is 54.5 Å². The van der Waals surface area contributed by atoms with Gasteiger partial charge >= 0.3 is 0 Å². The van der Waals surface area contributed by atoms with Crippen LogP contribution in [0.15, 0.2) is 53.1 Å². The van der Waals surface area contributed by atoms with Crippen molar-refractivity contribution in [1.82, 2.24) is 0 Å². The molecule has 2 rings (SSSR count). The lowest BCUT2D eigenvalue weighted by atomic mass is 10.3. The summed E-state index contributed by atoms with van der Waals surface area (Å²) in [5, 5.41) is 3.08. The molecular formula is C11H9NOS. The molecule has 0 amide bonds. The van der Waals surface area contributed by atoms with Crippen LogP contribution in [0.3, 0.4) is 0 Å². The molecule has 70 valence electrons. The predicted molar refractivity (Wildman–Crippen MR) is 60.5 cm³/mol. The Hall–Kier alpha value is -1.61. The number of nitrogens with one attached hydrogen (secondary N) is 1. The molecule has 1 aromatic heterocycles. The normalized spacial score (nSPS) is 9.71. The summed E-state index contributed by atoms with van der Waals surface area (Å²) in [6.07, 6.45) is 1.61. The number of hydrogen-bond donors (Lipinski definition) is 1. The van der Waals surface area contributed by atoms with E-state index >= 15 is 0 Å². The molecule has 0 fully saturated rings. The second-order valence-corrected chi connectivity index (χ2v) is 3.21. The Labute approximate surface area is 87.6 Å². The molecule has 0 bridgehead atoms. The molecule has 0 radical (unpaired) electrons. The number of hydrogen-bond acceptors (Lipinski definition) is 2. The van der Waals surface area contributed by atoms with Gasteiger partial charge in [0.1, 0.15) is 4.99 Å². The minimum Gasteiger partial charge on any atom is -0.462 e. The first-order chi connectivity index (χ1) is 6.86. The van der Waals surface area contributed by atoms with E-state index in [1.807, 2.05) is 42.5 Å². The molecule has 0 atom stereocenters. The fourth-order valence-electron chi connectivity index (χ4n) is 1.12. The van der Waals surface area contributed by atoms with Crippen molar-refractivity contribution in [2.24, 2.45) is 0 Å². The summed E-state index contributed by atoms with van der Waals surface area (Å²) in [7, 11) is 0. The zero-order chi connectivity index (χ0) is 9.80. The summed E-state index contributed by atoms with van der Waals surface area (Å²) < 4.78 is 5.16. The van der Waals surface area contributed by atoms with Gasteiger partial charge in [0.15, 0.2) is 5.76 Å². The van der Waals surface area contributed by atoms with Gasteiger partial charge < -0.3 is 9.73 Å². The minimum atomic E-state index is 0.598. The van der Waals surface area contributed by atoms with E-state index < -0.39 is 0 Å². The smallest absolute Gasteiger partial charge is 0.161 e. The van der Waals surface area contributed by atoms with Crippen molar-refractivity contribution in [3.8, 4) is 0 Å². The third-order valence-electron chi connectivity index (χ3n) is 1.78. The van der Waals surface area contributed by atoms with E-state index in [0.29, 0.717) is 10.7 Å². The third-order valence-corrected chi connectivity index (χ3v) is 2.08. The van der Waals surface area contributed by atoms with Gasteiger partial charge in [-0.05, 0) is 24.3 Å². The van der Waals surface area contributed by atoms with Crippen LogP contribution in [0.2, 0.25) is 0 Å². The number of para-hydroxylation sites is 1. The summed E-state index contributed by atoms with van der Waals surface area (Å²) >= 11 is 5.15. The average molecular weight is 203 g/mol. The number of furan rings is 1. The standard InChI is InChI=1S/C11H9NOS/c14-11(10-7-4-8-13-10)12-9-5-2-1-3-6-9/h1-8H,(H,12,14). The topological polar surface area (TPSA) is 25.2 Å². The maximum Gasteiger partial charge on any atom is 0.161 e. The Morgan fingerprint density at radius 3 is 2.50 bits per heavy atom. The Morgan fingerprint density at radius 1 is 1.07 bits per heavy atom. The molecule has 2 aromatic rings. The molecule has 0 aliphatic rings. The third kappa shape index (κ3) is 2.00. The van der Waals surface area contributed by atoms with Gasteiger partial charge in [0, 0.05) is 5.69 Å². The van der Waals surface area contributed by atoms with Crippen LogP contribution in [0.4, 0.5) is 5.69 Å². The Balaban J connectivity index is 2.10. The van der Waals surface area contributed by atoms with E-state index in [4.69, 9.17) is 16.6 Å². The predicted octanol–water partition coefficient (Wildman–Crippen LogP) is 3.07. The molecule has 0 saturated heterocycles. The van der Waals surface area contributed by atoms with E-state index in [9.17, 15) is 0 Å². The number of rotatable bonds is 2. The largest absolute Gasteiger partial charge is 0.462 e. The highest BCUT2D eigenvalue weighted by Crippen LogP contribution is 2.09. The first-order valence-electron chi connectivity index (χ1n) is 4.26. The van der Waals surface area contributed by atoms with Crippen LogP contribution in [0, 0.1) is 0 Å². The first-order valence-corrected chi connectivity index (χ1v) is 4.67. The molecular weight excluding hydrogens is 194 g/mol. The number of thiocarbonyl (C=S) groups is 1. The maximum atomic E-state index is 5.16. The molecule has 14 heavy (non-hydrogen) atoms. The van der Waals surface area contributed by atoms with E-state index in [0.717, 1.165) is 5.69 Å². The van der Waals surface area contributed by atoms with Crippen molar-refractivity contribution < 1.29 is 4.42 Å². The number of benzene rings is 1. The van der Waals surface area contributed by atoms with Gasteiger partial charge in [-0.15, -0.1) is 0 Å². The highest BCUT2D eigenvalue weighted by Gasteiger charge is 2.02. The minimum absolute atomic E-state index is 0.598. The van der Waals surface area contributed by atoms with Crippen LogP contribution in [0.1, 0.15) is 5.76 Å². The van der Waals surface area contributed by atoms with Crippen LogP contribution in [0.5, 0.6) is 0 Å². The van der Waals surface area contributed by atoms with E-state index in [1.54, 1.807) is 6.26 Å². The van der Waals surface area contributed by atoms with E-state index in [2.05, 4.69) is 5.32 Å². The van der Waals surface area contributed by atoms with E-state index in [1.165, 1.54) is 0 Å². The van der Waals surface area contributed by atoms with Crippen molar-refractivity contribution in [1.29, 1.82) is 0 Å². The van der Waals surface area contributed by atoms with Gasteiger partial charge in [0.05, 0.1) is 6.26 Å². The van der Waals surface area contributed by atoms with Crippen LogP contribution >= 0.6 is 12.2 Å². The highest BCUT2D eigenvalue weighted by atomic mass is 32.1. The van der Waals surface area contributed by atoms with Crippen LogP contribution in [-0.2, 0) is 0 Å². The Kier molecular flexibility index (Phi) is 2.60. The first kappa shape index (κ1) is 8.97. The molecule has 0 spiro atoms. The quantitative estimate of drug-likeness (QED) is 0.759. The number of anilines is 1. The van der Waals surface area contributed by atoms with Gasteiger partial charge in [-0.1, -0.05) is 30.4 Å². The molecule has 0 aliphatic heterocycles. The van der Waals surface area contributed by atoms with Gasteiger partial charge in [-0.25, -0.2) is 0 Å². The average Bonchev–Trinajstić information content (AvgIpc) is 2.72. The lowest BCUT2D eigenvalue weighted by molar-refractivity contribution is 0.559. The molecule has 2 nitrogen and oxygen atoms in total. The summed E-state index contributed by atoms with van der Waals surface area (Å²) in [4.78, 5) is 0.598. The SMILES string of the molecule is S=C(Nc1ccccc1)c1ccco1. The monoisotopic (exact) mass is 203 g/mol. The van der Waals surface area contributed by atoms with Crippen molar-refractivity contribution in [2.75, 3.05) is 5.32 Å². The van der Waals surface area contributed by atoms with Crippen LogP contribution < -0.4 is 5.32 Å². The van der Waals surface area contributed by atoms with Crippen molar-refractivity contribution >= 4 is 22.9 Å². The van der Waals surface area contributed by atoms with Crippen LogP contribution in [-0.4, -0.2) is 4.99 Å². The van der Waals surface area contributed by atoms with Gasteiger partial charge in [-0.3, -0.25) is 0 Å². The maximum absolute atomic E-state index is 5.16. The van der Waals surface area contributed by atoms with Gasteiger partial charge in [0.2, 0.25) is 0 Å². The van der Waals surface area contributed by atoms with Gasteiger partial charge in [-0.2, -0.15) is 0 Å². The Bertz CT molecular complexity index is 408. The fraction of sp³-hybridized carbons (Fsp3) is 0. The van der Waals surface area contributed by atoms with Gasteiger partial charge in [0.25, 0.3) is 0 Å².